The fraction of sp³-hybridized carbons (Fsp3) is 0.182. The summed E-state index contributed by atoms with van der Waals surface area (Å²) in [5.74, 6) is -0.860. The molecule has 0 unspecified atom stereocenters. The Bertz CT molecular complexity index is 1040. The van der Waals surface area contributed by atoms with Crippen molar-refractivity contribution >= 4 is 17.6 Å². The van der Waals surface area contributed by atoms with E-state index in [-0.39, 0.29) is 11.3 Å². The van der Waals surface area contributed by atoms with Crippen LogP contribution in [0.5, 0.6) is 0 Å². The van der Waals surface area contributed by atoms with E-state index in [0.717, 1.165) is 12.8 Å². The molecule has 29 heavy (non-hydrogen) atoms. The Morgan fingerprint density at radius 1 is 1.00 bits per heavy atom. The zero-order valence-corrected chi connectivity index (χ0v) is 16.0. The van der Waals surface area contributed by atoms with Crippen LogP contribution in [-0.2, 0) is 4.74 Å². The summed E-state index contributed by atoms with van der Waals surface area (Å²) in [5, 5.41) is 6.85. The number of ether oxygens (including phenoxy) is 1. The highest BCUT2D eigenvalue weighted by Gasteiger charge is 2.12. The van der Waals surface area contributed by atoms with E-state index in [1.54, 1.807) is 48.5 Å². The van der Waals surface area contributed by atoms with Crippen molar-refractivity contribution in [3.05, 3.63) is 88.3 Å². The van der Waals surface area contributed by atoms with Crippen molar-refractivity contribution in [3.63, 3.8) is 0 Å². The minimum Gasteiger partial charge on any atom is -0.462 e. The maximum Gasteiger partial charge on any atom is 0.338 e. The van der Waals surface area contributed by atoms with Crippen molar-refractivity contribution in [3.8, 4) is 5.69 Å². The number of anilines is 1. The van der Waals surface area contributed by atoms with Crippen LogP contribution in [0.2, 0.25) is 0 Å². The number of carbonyl (C=O) groups excluding carboxylic acids is 2. The first-order valence-corrected chi connectivity index (χ1v) is 9.33. The molecule has 0 aliphatic carbocycles. The summed E-state index contributed by atoms with van der Waals surface area (Å²) >= 11 is 0. The highest BCUT2D eigenvalue weighted by atomic mass is 16.5. The maximum atomic E-state index is 12.5. The van der Waals surface area contributed by atoms with Crippen LogP contribution < -0.4 is 10.9 Å². The van der Waals surface area contributed by atoms with E-state index in [0.29, 0.717) is 23.5 Å². The number of carbonyl (C=O) groups is 2. The van der Waals surface area contributed by atoms with Gasteiger partial charge in [0.15, 0.2) is 0 Å². The molecule has 0 saturated heterocycles. The quantitative estimate of drug-likeness (QED) is 0.492. The summed E-state index contributed by atoms with van der Waals surface area (Å²) in [7, 11) is 0. The fourth-order valence-electron chi connectivity index (χ4n) is 2.56. The first-order valence-electron chi connectivity index (χ1n) is 9.33. The number of hydrogen-bond donors (Lipinski definition) is 1. The lowest BCUT2D eigenvalue weighted by molar-refractivity contribution is 0.0499. The third kappa shape index (κ3) is 5.16. The van der Waals surface area contributed by atoms with Crippen molar-refractivity contribution in [2.45, 2.75) is 19.8 Å². The van der Waals surface area contributed by atoms with Crippen molar-refractivity contribution in [2.24, 2.45) is 0 Å². The Labute approximate surface area is 168 Å². The van der Waals surface area contributed by atoms with Gasteiger partial charge in [0.2, 0.25) is 0 Å². The number of esters is 1. The van der Waals surface area contributed by atoms with Gasteiger partial charge in [-0.2, -0.15) is 9.78 Å². The predicted octanol–water partition coefficient (Wildman–Crippen LogP) is 3.44. The molecule has 2 aromatic carbocycles. The highest BCUT2D eigenvalue weighted by molar-refractivity contribution is 6.03. The molecule has 0 bridgehead atoms. The van der Waals surface area contributed by atoms with Crippen LogP contribution in [0.25, 0.3) is 5.69 Å². The maximum absolute atomic E-state index is 12.5. The first kappa shape index (κ1) is 20.0. The lowest BCUT2D eigenvalue weighted by atomic mass is 10.2. The SMILES string of the molecule is CCCCOC(=O)c1ccc(NC(=O)c2ccc(=O)n(-c3ccccc3)n2)cc1. The fourth-order valence-corrected chi connectivity index (χ4v) is 2.56. The number of para-hydroxylation sites is 1. The van der Waals surface area contributed by atoms with Gasteiger partial charge in [0.25, 0.3) is 11.5 Å². The molecule has 3 rings (SSSR count). The summed E-state index contributed by atoms with van der Waals surface area (Å²) < 4.78 is 6.33. The monoisotopic (exact) mass is 391 g/mol. The normalized spacial score (nSPS) is 10.4. The lowest BCUT2D eigenvalue weighted by Gasteiger charge is -2.08. The van der Waals surface area contributed by atoms with Crippen LogP contribution >= 0.6 is 0 Å². The molecule has 1 amide bonds. The summed E-state index contributed by atoms with van der Waals surface area (Å²) in [6.07, 6.45) is 1.77. The molecule has 0 spiro atoms. The van der Waals surface area contributed by atoms with E-state index in [4.69, 9.17) is 4.74 Å². The van der Waals surface area contributed by atoms with Gasteiger partial charge in [0.1, 0.15) is 5.69 Å². The van der Waals surface area contributed by atoms with Crippen LogP contribution in [0.15, 0.2) is 71.5 Å². The largest absolute Gasteiger partial charge is 0.462 e. The van der Waals surface area contributed by atoms with Crippen LogP contribution in [0.3, 0.4) is 0 Å². The molecule has 7 heteroatoms. The van der Waals surface area contributed by atoms with Crippen LogP contribution in [0.4, 0.5) is 5.69 Å². The molecule has 148 valence electrons. The highest BCUT2D eigenvalue weighted by Crippen LogP contribution is 2.12. The van der Waals surface area contributed by atoms with E-state index >= 15 is 0 Å². The summed E-state index contributed by atoms with van der Waals surface area (Å²) in [5.41, 5.74) is 1.24. The number of benzene rings is 2. The molecule has 0 fully saturated rings. The minimum atomic E-state index is -0.465. The lowest BCUT2D eigenvalue weighted by Crippen LogP contribution is -2.24. The number of rotatable bonds is 7. The molecular weight excluding hydrogens is 370 g/mol. The van der Waals surface area contributed by atoms with Crippen molar-refractivity contribution in [2.75, 3.05) is 11.9 Å². The van der Waals surface area contributed by atoms with E-state index in [1.165, 1.54) is 16.8 Å². The van der Waals surface area contributed by atoms with Gasteiger partial charge in [-0.1, -0.05) is 31.5 Å². The second kappa shape index (κ2) is 9.45. The third-order valence-electron chi connectivity index (χ3n) is 4.14. The summed E-state index contributed by atoms with van der Waals surface area (Å²) in [6, 6.07) is 17.9. The molecule has 3 aromatic rings. The van der Waals surface area contributed by atoms with Gasteiger partial charge in [0, 0.05) is 11.8 Å². The second-order valence-corrected chi connectivity index (χ2v) is 6.33. The first-order chi connectivity index (χ1) is 14.1. The van der Waals surface area contributed by atoms with E-state index in [1.807, 2.05) is 13.0 Å². The molecular formula is C22H21N3O4. The van der Waals surface area contributed by atoms with Crippen molar-refractivity contribution in [1.29, 1.82) is 0 Å². The van der Waals surface area contributed by atoms with Gasteiger partial charge in [-0.3, -0.25) is 9.59 Å². The summed E-state index contributed by atoms with van der Waals surface area (Å²) in [4.78, 5) is 36.5. The topological polar surface area (TPSA) is 90.3 Å². The average molecular weight is 391 g/mol. The smallest absolute Gasteiger partial charge is 0.338 e. The summed E-state index contributed by atoms with van der Waals surface area (Å²) in [6.45, 7) is 2.41. The molecule has 0 saturated carbocycles. The predicted molar refractivity (Wildman–Crippen MR) is 109 cm³/mol. The minimum absolute atomic E-state index is 0.0940. The molecule has 0 aliphatic rings. The van der Waals surface area contributed by atoms with Gasteiger partial charge in [-0.25, -0.2) is 4.79 Å². The zero-order chi connectivity index (χ0) is 20.6. The molecule has 0 atom stereocenters. The number of unbranched alkanes of at least 4 members (excludes halogenated alkanes) is 1. The molecule has 1 N–H and O–H groups in total. The molecule has 0 radical (unpaired) electrons. The second-order valence-electron chi connectivity index (χ2n) is 6.33. The zero-order valence-electron chi connectivity index (χ0n) is 16.0. The van der Waals surface area contributed by atoms with Gasteiger partial charge in [-0.05, 0) is 48.9 Å². The Balaban J connectivity index is 1.71. The Morgan fingerprint density at radius 3 is 2.41 bits per heavy atom. The third-order valence-corrected chi connectivity index (χ3v) is 4.14. The Kier molecular flexibility index (Phi) is 6.52. The number of amides is 1. The van der Waals surface area contributed by atoms with Crippen molar-refractivity contribution < 1.29 is 14.3 Å². The number of hydrogen-bond acceptors (Lipinski definition) is 5. The van der Waals surface area contributed by atoms with E-state index in [2.05, 4.69) is 10.4 Å². The molecule has 0 aliphatic heterocycles. The number of nitrogens with one attached hydrogen (secondary N) is 1. The van der Waals surface area contributed by atoms with E-state index < -0.39 is 11.9 Å². The molecule has 1 heterocycles. The Hall–Kier alpha value is -3.74. The Morgan fingerprint density at radius 2 is 1.72 bits per heavy atom. The van der Waals surface area contributed by atoms with E-state index in [9.17, 15) is 14.4 Å². The van der Waals surface area contributed by atoms with Gasteiger partial charge in [0.05, 0.1) is 17.9 Å². The molecule has 1 aromatic heterocycles. The van der Waals surface area contributed by atoms with Crippen molar-refractivity contribution in [1.82, 2.24) is 9.78 Å². The molecule has 7 nitrogen and oxygen atoms in total. The van der Waals surface area contributed by atoms with Gasteiger partial charge < -0.3 is 10.1 Å². The number of aromatic nitrogens is 2. The van der Waals surface area contributed by atoms with Crippen LogP contribution in [-0.4, -0.2) is 28.3 Å². The van der Waals surface area contributed by atoms with Crippen LogP contribution in [0, 0.1) is 0 Å². The van der Waals surface area contributed by atoms with Gasteiger partial charge in [-0.15, -0.1) is 0 Å². The van der Waals surface area contributed by atoms with Crippen LogP contribution in [0.1, 0.15) is 40.6 Å². The van der Waals surface area contributed by atoms with Gasteiger partial charge >= 0.3 is 5.97 Å². The standard InChI is InChI=1S/C22H21N3O4/c1-2-3-15-29-22(28)16-9-11-17(12-10-16)23-21(27)19-13-14-20(26)25(24-19)18-7-5-4-6-8-18/h4-14H,2-3,15H2,1H3,(H,23,27). The average Bonchev–Trinajstić information content (AvgIpc) is 2.75. The number of nitrogens with zero attached hydrogens (tertiary/aromatic N) is 2.